The number of hydrogen-bond acceptors (Lipinski definition) is 4. The predicted octanol–water partition coefficient (Wildman–Crippen LogP) is -1.57. The van der Waals surface area contributed by atoms with Gasteiger partial charge in [0.05, 0.1) is 14.2 Å². The average Bonchev–Trinajstić information content (AvgIpc) is 3.31. The fourth-order valence-corrected chi connectivity index (χ4v) is 3.13. The maximum Gasteiger partial charge on any atom is 4.00 e. The van der Waals surface area contributed by atoms with E-state index in [0.29, 0.717) is 0 Å². The van der Waals surface area contributed by atoms with Gasteiger partial charge >= 0.3 is 26.2 Å². The fraction of sp³-hybridized carbons (Fsp3) is 0.273. The smallest absolute Gasteiger partial charge is 1.00 e. The summed E-state index contributed by atoms with van der Waals surface area (Å²) in [4.78, 5) is 0. The molecule has 29 heavy (non-hydrogen) atoms. The Kier molecular flexibility index (Phi) is 12.8. The molecule has 2 aromatic rings. The molecule has 0 heterocycles. The summed E-state index contributed by atoms with van der Waals surface area (Å²) in [6, 6.07) is 11.9. The minimum atomic E-state index is -0.0369. The van der Waals surface area contributed by atoms with Crippen LogP contribution < -0.4 is 34.3 Å². The van der Waals surface area contributed by atoms with Gasteiger partial charge in [-0.05, 0) is 12.1 Å². The first-order chi connectivity index (χ1) is 12.7. The molecule has 152 valence electrons. The second-order valence-electron chi connectivity index (χ2n) is 5.78. The van der Waals surface area contributed by atoms with E-state index in [1.807, 2.05) is 48.6 Å². The van der Waals surface area contributed by atoms with Gasteiger partial charge in [0.2, 0.25) is 0 Å². The van der Waals surface area contributed by atoms with Crippen molar-refractivity contribution in [3.05, 3.63) is 70.8 Å². The first kappa shape index (κ1) is 27.9. The third-order valence-electron chi connectivity index (χ3n) is 4.43. The summed E-state index contributed by atoms with van der Waals surface area (Å²) >= 11 is 0. The summed E-state index contributed by atoms with van der Waals surface area (Å²) in [5.41, 5.74) is 4.41. The molecule has 0 saturated carbocycles. The van der Waals surface area contributed by atoms with Crippen molar-refractivity contribution in [2.75, 3.05) is 28.4 Å². The number of hydrogen-bond donors (Lipinski definition) is 0. The zero-order chi connectivity index (χ0) is 18.5. The van der Waals surface area contributed by atoms with Crippen molar-refractivity contribution in [3.8, 4) is 11.5 Å². The van der Waals surface area contributed by atoms with Crippen LogP contribution in [-0.2, 0) is 35.7 Å². The van der Waals surface area contributed by atoms with Crippen LogP contribution in [0, 0.1) is 12.2 Å². The van der Waals surface area contributed by atoms with Gasteiger partial charge in [-0.1, -0.05) is 24.3 Å². The van der Waals surface area contributed by atoms with Gasteiger partial charge in [0.25, 0.3) is 0 Å². The van der Waals surface area contributed by atoms with Crippen LogP contribution in [0.25, 0.3) is 12.2 Å². The molecule has 0 bridgehead atoms. The molecule has 0 aromatic heterocycles. The second kappa shape index (κ2) is 13.3. The zero-order valence-corrected chi connectivity index (χ0v) is 20.6. The SMILES string of the molecule is COc1cccc2c1C=[C-]C2OC.COc1cccc2c1C=[C-]C2OC.[Cl-].[Cl-].[Zr+4]. The van der Waals surface area contributed by atoms with Crippen LogP contribution in [0.5, 0.6) is 11.5 Å². The molecule has 7 heteroatoms. The molecule has 4 rings (SSSR count). The number of rotatable bonds is 4. The molecule has 2 aromatic carbocycles. The minimum absolute atomic E-state index is 0. The first-order valence-electron chi connectivity index (χ1n) is 8.31. The molecule has 0 radical (unpaired) electrons. The molecule has 0 amide bonds. The van der Waals surface area contributed by atoms with E-state index >= 15 is 0 Å². The van der Waals surface area contributed by atoms with Crippen molar-refractivity contribution in [1.29, 1.82) is 0 Å². The second-order valence-corrected chi connectivity index (χ2v) is 5.78. The van der Waals surface area contributed by atoms with Gasteiger partial charge in [0.1, 0.15) is 0 Å². The molecule has 2 aliphatic rings. The van der Waals surface area contributed by atoms with Gasteiger partial charge in [0.15, 0.2) is 0 Å². The van der Waals surface area contributed by atoms with Gasteiger partial charge in [-0.3, -0.25) is 0 Å². The standard InChI is InChI=1S/2C11H11O2.2ClH.Zr/c2*1-12-10-5-3-4-8-9(10)6-7-11(8)13-2;;;/h2*3-6,11H,1-2H3;2*1H;/q2*-1;;;+4/p-2. The molecule has 2 aliphatic carbocycles. The summed E-state index contributed by atoms with van der Waals surface area (Å²) in [5.74, 6) is 1.76. The van der Waals surface area contributed by atoms with Gasteiger partial charge in [-0.15, -0.1) is 22.3 Å². The van der Waals surface area contributed by atoms with Gasteiger partial charge in [-0.2, -0.15) is 0 Å². The van der Waals surface area contributed by atoms with E-state index in [9.17, 15) is 0 Å². The topological polar surface area (TPSA) is 36.9 Å². The minimum Gasteiger partial charge on any atom is -1.00 e. The average molecular weight is 513 g/mol. The normalized spacial score (nSPS) is 16.8. The molecule has 4 nitrogen and oxygen atoms in total. The Hall–Kier alpha value is -1.10. The van der Waals surface area contributed by atoms with E-state index in [0.717, 1.165) is 33.8 Å². The van der Waals surface area contributed by atoms with Crippen molar-refractivity contribution in [2.45, 2.75) is 12.2 Å². The molecular weight excluding hydrogens is 490 g/mol. The van der Waals surface area contributed by atoms with Crippen LogP contribution in [0.1, 0.15) is 34.5 Å². The Labute approximate surface area is 204 Å². The number of fused-ring (bicyclic) bond motifs is 2. The summed E-state index contributed by atoms with van der Waals surface area (Å²) in [7, 11) is 6.70. The fourth-order valence-electron chi connectivity index (χ4n) is 3.13. The van der Waals surface area contributed by atoms with E-state index in [1.54, 1.807) is 28.4 Å². The Morgan fingerprint density at radius 1 is 0.655 bits per heavy atom. The monoisotopic (exact) mass is 510 g/mol. The van der Waals surface area contributed by atoms with Crippen LogP contribution in [-0.4, -0.2) is 28.4 Å². The Balaban J connectivity index is 0.000000490. The Morgan fingerprint density at radius 3 is 1.34 bits per heavy atom. The van der Waals surface area contributed by atoms with E-state index in [1.165, 1.54) is 0 Å². The van der Waals surface area contributed by atoms with Gasteiger partial charge in [-0.25, -0.2) is 24.3 Å². The molecule has 0 fully saturated rings. The van der Waals surface area contributed by atoms with E-state index in [-0.39, 0.29) is 63.2 Å². The van der Waals surface area contributed by atoms with Crippen molar-refractivity contribution < 1.29 is 70.0 Å². The van der Waals surface area contributed by atoms with Crippen LogP contribution in [0.4, 0.5) is 0 Å². The van der Waals surface area contributed by atoms with Gasteiger partial charge in [0, 0.05) is 37.9 Å². The molecule has 0 spiro atoms. The van der Waals surface area contributed by atoms with Gasteiger partial charge < -0.3 is 43.8 Å². The van der Waals surface area contributed by atoms with Crippen LogP contribution in [0.2, 0.25) is 0 Å². The summed E-state index contributed by atoms with van der Waals surface area (Å²) in [5, 5.41) is 0. The number of methoxy groups -OCH3 is 4. The van der Waals surface area contributed by atoms with Crippen molar-refractivity contribution in [1.82, 2.24) is 0 Å². The van der Waals surface area contributed by atoms with E-state index < -0.39 is 0 Å². The van der Waals surface area contributed by atoms with Crippen LogP contribution in [0.15, 0.2) is 36.4 Å². The Morgan fingerprint density at radius 2 is 1.03 bits per heavy atom. The van der Waals surface area contributed by atoms with Crippen molar-refractivity contribution >= 4 is 12.2 Å². The van der Waals surface area contributed by atoms with E-state index in [2.05, 4.69) is 12.2 Å². The molecule has 0 N–H and O–H groups in total. The third kappa shape index (κ3) is 5.96. The molecule has 2 unspecified atom stereocenters. The van der Waals surface area contributed by atoms with E-state index in [4.69, 9.17) is 18.9 Å². The molecule has 2 atom stereocenters. The predicted molar refractivity (Wildman–Crippen MR) is 101 cm³/mol. The van der Waals surface area contributed by atoms with Crippen molar-refractivity contribution in [2.24, 2.45) is 0 Å². The summed E-state index contributed by atoms with van der Waals surface area (Å²) in [6.07, 6.45) is 10.0. The van der Waals surface area contributed by atoms with Crippen molar-refractivity contribution in [3.63, 3.8) is 0 Å². The quantitative estimate of drug-likeness (QED) is 0.465. The maximum absolute atomic E-state index is 5.24. The molecular formula is C22H22Cl2O4Zr. The Bertz CT molecular complexity index is 770. The van der Waals surface area contributed by atoms with Crippen LogP contribution >= 0.6 is 0 Å². The number of halogens is 2. The first-order valence-corrected chi connectivity index (χ1v) is 8.31. The molecule has 0 saturated heterocycles. The number of ether oxygens (including phenoxy) is 4. The third-order valence-corrected chi connectivity index (χ3v) is 4.43. The maximum atomic E-state index is 5.24. The largest absolute Gasteiger partial charge is 4.00 e. The van der Waals surface area contributed by atoms with Crippen LogP contribution in [0.3, 0.4) is 0 Å². The molecule has 0 aliphatic heterocycles. The summed E-state index contributed by atoms with van der Waals surface area (Å²) < 4.78 is 20.9. The number of benzene rings is 2. The summed E-state index contributed by atoms with van der Waals surface area (Å²) in [6.45, 7) is 0. The zero-order valence-electron chi connectivity index (χ0n) is 16.7.